The van der Waals surface area contributed by atoms with Crippen LogP contribution in [0.5, 0.6) is 0 Å². The van der Waals surface area contributed by atoms with Crippen LogP contribution in [0, 0.1) is 13.8 Å². The van der Waals surface area contributed by atoms with Crippen molar-refractivity contribution in [3.63, 3.8) is 0 Å². The van der Waals surface area contributed by atoms with Crippen molar-refractivity contribution < 1.29 is 18.0 Å². The molecule has 1 amide bonds. The molecule has 1 N–H and O–H groups in total. The lowest BCUT2D eigenvalue weighted by molar-refractivity contribution is -0.144. The molecule has 0 saturated carbocycles. The molecule has 0 aliphatic heterocycles. The molecule has 4 aromatic rings. The highest BCUT2D eigenvalue weighted by atomic mass is 19.4. The fourth-order valence-corrected chi connectivity index (χ4v) is 3.67. The van der Waals surface area contributed by atoms with Crippen LogP contribution in [0.25, 0.3) is 5.78 Å². The van der Waals surface area contributed by atoms with Crippen molar-refractivity contribution in [3.05, 3.63) is 76.9 Å². The van der Waals surface area contributed by atoms with Gasteiger partial charge in [0.25, 0.3) is 11.6 Å². The Morgan fingerprint density at radius 2 is 1.88 bits per heavy atom. The SMILES string of the molecule is Cc1nc2nc(C(F)(F)F)nn2c(C)c1CCC(=O)NCc1ccccc1Cn1ccnc1. The lowest BCUT2D eigenvalue weighted by atomic mass is 10.1. The van der Waals surface area contributed by atoms with E-state index in [-0.39, 0.29) is 18.1 Å². The van der Waals surface area contributed by atoms with Crippen molar-refractivity contribution in [2.24, 2.45) is 0 Å². The largest absolute Gasteiger partial charge is 0.453 e. The highest BCUT2D eigenvalue weighted by molar-refractivity contribution is 5.76. The number of imidazole rings is 1. The van der Waals surface area contributed by atoms with Gasteiger partial charge < -0.3 is 9.88 Å². The molecule has 0 saturated heterocycles. The molecule has 0 aliphatic rings. The number of aryl methyl sites for hydroxylation is 2. The fraction of sp³-hybridized carbons (Fsp3) is 0.318. The zero-order valence-electron chi connectivity index (χ0n) is 18.1. The number of carbonyl (C=O) groups excluding carboxylic acids is 1. The summed E-state index contributed by atoms with van der Waals surface area (Å²) in [6, 6.07) is 7.82. The molecule has 0 atom stereocenters. The predicted molar refractivity (Wildman–Crippen MR) is 113 cm³/mol. The van der Waals surface area contributed by atoms with Gasteiger partial charge in [0, 0.05) is 43.3 Å². The first-order valence-corrected chi connectivity index (χ1v) is 10.3. The maximum Gasteiger partial charge on any atom is 0.453 e. The highest BCUT2D eigenvalue weighted by Crippen LogP contribution is 2.27. The second-order valence-electron chi connectivity index (χ2n) is 7.69. The first-order valence-electron chi connectivity index (χ1n) is 10.3. The Morgan fingerprint density at radius 3 is 2.58 bits per heavy atom. The number of nitrogens with one attached hydrogen (secondary N) is 1. The minimum atomic E-state index is -4.65. The third-order valence-electron chi connectivity index (χ3n) is 5.41. The highest BCUT2D eigenvalue weighted by Gasteiger charge is 2.37. The topological polar surface area (TPSA) is 90.0 Å². The Bertz CT molecular complexity index is 1280. The lowest BCUT2D eigenvalue weighted by Gasteiger charge is -2.12. The summed E-state index contributed by atoms with van der Waals surface area (Å²) >= 11 is 0. The van der Waals surface area contributed by atoms with E-state index in [2.05, 4.69) is 25.4 Å². The number of benzene rings is 1. The maximum atomic E-state index is 12.9. The summed E-state index contributed by atoms with van der Waals surface area (Å²) in [5, 5.41) is 6.46. The molecule has 3 heterocycles. The van der Waals surface area contributed by atoms with Gasteiger partial charge in [0.2, 0.25) is 5.91 Å². The van der Waals surface area contributed by atoms with Crippen LogP contribution in [0.15, 0.2) is 43.0 Å². The van der Waals surface area contributed by atoms with E-state index in [0.29, 0.717) is 36.5 Å². The van der Waals surface area contributed by atoms with Crippen LogP contribution < -0.4 is 5.32 Å². The first-order chi connectivity index (χ1) is 15.7. The number of fused-ring (bicyclic) bond motifs is 1. The molecule has 0 spiro atoms. The number of carbonyl (C=O) groups is 1. The summed E-state index contributed by atoms with van der Waals surface area (Å²) in [6.45, 7) is 4.36. The quantitative estimate of drug-likeness (QED) is 0.460. The molecule has 0 radical (unpaired) electrons. The summed E-state index contributed by atoms with van der Waals surface area (Å²) in [4.78, 5) is 24.2. The predicted octanol–water partition coefficient (Wildman–Crippen LogP) is 3.25. The minimum absolute atomic E-state index is 0.111. The van der Waals surface area contributed by atoms with Gasteiger partial charge in [-0.15, -0.1) is 5.10 Å². The molecule has 4 rings (SSSR count). The maximum absolute atomic E-state index is 12.9. The number of alkyl halides is 3. The van der Waals surface area contributed by atoms with Crippen LogP contribution in [0.3, 0.4) is 0 Å². The van der Waals surface area contributed by atoms with E-state index in [1.54, 1.807) is 26.4 Å². The third-order valence-corrected chi connectivity index (χ3v) is 5.41. The average Bonchev–Trinajstić information content (AvgIpc) is 3.42. The van der Waals surface area contributed by atoms with Gasteiger partial charge >= 0.3 is 6.18 Å². The molecule has 0 bridgehead atoms. The van der Waals surface area contributed by atoms with Crippen LogP contribution in [0.2, 0.25) is 0 Å². The zero-order valence-corrected chi connectivity index (χ0v) is 18.1. The van der Waals surface area contributed by atoms with Gasteiger partial charge in [0.1, 0.15) is 0 Å². The van der Waals surface area contributed by atoms with Gasteiger partial charge in [-0.2, -0.15) is 18.2 Å². The van der Waals surface area contributed by atoms with E-state index < -0.39 is 12.0 Å². The number of nitrogens with zero attached hydrogens (tertiary/aromatic N) is 6. The Morgan fingerprint density at radius 1 is 1.12 bits per heavy atom. The van der Waals surface area contributed by atoms with Crippen molar-refractivity contribution >= 4 is 11.7 Å². The molecular weight excluding hydrogens is 435 g/mol. The molecule has 11 heteroatoms. The lowest BCUT2D eigenvalue weighted by Crippen LogP contribution is -2.24. The van der Waals surface area contributed by atoms with Gasteiger partial charge in [-0.3, -0.25) is 4.79 Å². The van der Waals surface area contributed by atoms with E-state index >= 15 is 0 Å². The molecule has 33 heavy (non-hydrogen) atoms. The summed E-state index contributed by atoms with van der Waals surface area (Å²) < 4.78 is 41.9. The number of halogens is 3. The van der Waals surface area contributed by atoms with Crippen LogP contribution in [0.4, 0.5) is 13.2 Å². The van der Waals surface area contributed by atoms with Gasteiger partial charge in [0.05, 0.1) is 6.33 Å². The molecule has 3 aromatic heterocycles. The second-order valence-corrected chi connectivity index (χ2v) is 7.69. The van der Waals surface area contributed by atoms with Crippen LogP contribution in [-0.4, -0.2) is 35.0 Å². The Balaban J connectivity index is 1.41. The van der Waals surface area contributed by atoms with E-state index in [4.69, 9.17) is 0 Å². The average molecular weight is 457 g/mol. The molecule has 1 aromatic carbocycles. The van der Waals surface area contributed by atoms with Crippen molar-refractivity contribution in [1.82, 2.24) is 34.4 Å². The number of amides is 1. The van der Waals surface area contributed by atoms with Crippen LogP contribution >= 0.6 is 0 Å². The van der Waals surface area contributed by atoms with Gasteiger partial charge in [-0.1, -0.05) is 24.3 Å². The van der Waals surface area contributed by atoms with E-state index in [0.717, 1.165) is 15.6 Å². The summed E-state index contributed by atoms with van der Waals surface area (Å²) in [7, 11) is 0. The van der Waals surface area contributed by atoms with Crippen molar-refractivity contribution in [3.8, 4) is 0 Å². The van der Waals surface area contributed by atoms with Crippen LogP contribution in [-0.2, 0) is 30.5 Å². The number of rotatable bonds is 7. The fourth-order valence-electron chi connectivity index (χ4n) is 3.67. The number of hydrogen-bond acceptors (Lipinski definition) is 5. The smallest absolute Gasteiger partial charge is 0.352 e. The molecule has 8 nitrogen and oxygen atoms in total. The molecule has 0 unspecified atom stereocenters. The third kappa shape index (κ3) is 5.02. The Hall–Kier alpha value is -3.76. The van der Waals surface area contributed by atoms with Gasteiger partial charge in [-0.25, -0.2) is 14.5 Å². The number of hydrogen-bond donors (Lipinski definition) is 1. The summed E-state index contributed by atoms with van der Waals surface area (Å²) in [5.74, 6) is -1.51. The standard InChI is InChI=1S/C22H22F3N7O/c1-14-18(15(2)32-21(28-14)29-20(30-32)22(23,24)25)7-8-19(33)27-11-16-5-3-4-6-17(16)12-31-10-9-26-13-31/h3-6,9-10,13H,7-8,11-12H2,1-2H3,(H,27,33). The van der Waals surface area contributed by atoms with E-state index in [9.17, 15) is 18.0 Å². The van der Waals surface area contributed by atoms with E-state index in [1.165, 1.54) is 0 Å². The second kappa shape index (κ2) is 9.00. The molecule has 0 fully saturated rings. The minimum Gasteiger partial charge on any atom is -0.352 e. The molecule has 172 valence electrons. The molecule has 0 aliphatic carbocycles. The van der Waals surface area contributed by atoms with Gasteiger partial charge in [0.15, 0.2) is 0 Å². The monoisotopic (exact) mass is 457 g/mol. The van der Waals surface area contributed by atoms with Crippen molar-refractivity contribution in [1.29, 1.82) is 0 Å². The van der Waals surface area contributed by atoms with Crippen LogP contribution in [0.1, 0.15) is 40.3 Å². The molecular formula is C22H22F3N7O. The summed E-state index contributed by atoms with van der Waals surface area (Å²) in [6.07, 6.45) is 1.16. The van der Waals surface area contributed by atoms with E-state index in [1.807, 2.05) is 35.0 Å². The summed E-state index contributed by atoms with van der Waals surface area (Å²) in [5.41, 5.74) is 3.76. The number of aromatic nitrogens is 6. The van der Waals surface area contributed by atoms with Gasteiger partial charge in [-0.05, 0) is 37.0 Å². The Kier molecular flexibility index (Phi) is 6.12. The zero-order chi connectivity index (χ0) is 23.6. The van der Waals surface area contributed by atoms with Crippen molar-refractivity contribution in [2.75, 3.05) is 0 Å². The Labute approximate surface area is 187 Å². The normalized spacial score (nSPS) is 11.8. The van der Waals surface area contributed by atoms with Crippen molar-refractivity contribution in [2.45, 2.75) is 46.0 Å². The first kappa shape index (κ1) is 22.4.